The summed E-state index contributed by atoms with van der Waals surface area (Å²) in [6.07, 6.45) is 2.18. The first-order valence-corrected chi connectivity index (χ1v) is 4.59. The number of aliphatic hydroxyl groups excluding tert-OH is 1. The summed E-state index contributed by atoms with van der Waals surface area (Å²) in [4.78, 5) is 5.96. The molecule has 1 aliphatic rings. The number of aromatic nitrogens is 1. The summed E-state index contributed by atoms with van der Waals surface area (Å²) >= 11 is 0. The molecule has 0 spiro atoms. The van der Waals surface area contributed by atoms with Gasteiger partial charge in [-0.3, -0.25) is 0 Å². The Morgan fingerprint density at radius 1 is 1.64 bits per heavy atom. The number of anilines is 1. The molecule has 1 N–H and O–H groups in total. The number of β-amino-alcohol motifs (C(OH)–C–C–N with tert-alkyl or cyclic N) is 1. The third-order valence-electron chi connectivity index (χ3n) is 2.39. The molecule has 1 aromatic rings. The van der Waals surface area contributed by atoms with Crippen LogP contribution in [0.4, 0.5) is 5.69 Å². The van der Waals surface area contributed by atoms with E-state index >= 15 is 0 Å². The van der Waals surface area contributed by atoms with E-state index in [1.807, 2.05) is 12.1 Å². The van der Waals surface area contributed by atoms with Crippen LogP contribution < -0.4 is 4.90 Å². The molecule has 4 nitrogen and oxygen atoms in total. The number of hydrogen-bond donors (Lipinski definition) is 1. The molecular weight excluding hydrogens is 178 g/mol. The van der Waals surface area contributed by atoms with E-state index in [9.17, 15) is 5.11 Å². The second-order valence-corrected chi connectivity index (χ2v) is 3.40. The number of nitriles is 1. The fourth-order valence-corrected chi connectivity index (χ4v) is 1.65. The molecule has 0 aliphatic carbocycles. The lowest BCUT2D eigenvalue weighted by Gasteiger charge is -2.17. The van der Waals surface area contributed by atoms with Crippen molar-refractivity contribution in [2.75, 3.05) is 18.0 Å². The SMILES string of the molecule is N#Cc1cc(N2CCC(O)C2)ccn1. The van der Waals surface area contributed by atoms with E-state index in [0.29, 0.717) is 12.2 Å². The van der Waals surface area contributed by atoms with Gasteiger partial charge in [0.2, 0.25) is 0 Å². The third kappa shape index (κ3) is 1.68. The average molecular weight is 189 g/mol. The number of pyridine rings is 1. The van der Waals surface area contributed by atoms with Crippen molar-refractivity contribution in [2.45, 2.75) is 12.5 Å². The molecule has 1 aliphatic heterocycles. The topological polar surface area (TPSA) is 60.2 Å². The predicted octanol–water partition coefficient (Wildman–Crippen LogP) is 0.524. The molecule has 1 fully saturated rings. The van der Waals surface area contributed by atoms with E-state index in [1.165, 1.54) is 0 Å². The average Bonchev–Trinajstić information content (AvgIpc) is 2.65. The van der Waals surface area contributed by atoms with Gasteiger partial charge >= 0.3 is 0 Å². The highest BCUT2D eigenvalue weighted by atomic mass is 16.3. The lowest BCUT2D eigenvalue weighted by atomic mass is 10.3. The van der Waals surface area contributed by atoms with Crippen molar-refractivity contribution >= 4 is 5.69 Å². The first kappa shape index (κ1) is 8.97. The maximum Gasteiger partial charge on any atom is 0.142 e. The summed E-state index contributed by atoms with van der Waals surface area (Å²) in [5.41, 5.74) is 1.39. The molecular formula is C10H11N3O. The summed E-state index contributed by atoms with van der Waals surface area (Å²) in [6, 6.07) is 5.61. The number of rotatable bonds is 1. The highest BCUT2D eigenvalue weighted by Crippen LogP contribution is 2.19. The van der Waals surface area contributed by atoms with Crippen LogP contribution in [0.1, 0.15) is 12.1 Å². The first-order valence-electron chi connectivity index (χ1n) is 4.59. The van der Waals surface area contributed by atoms with Crippen molar-refractivity contribution in [3.63, 3.8) is 0 Å². The second kappa shape index (κ2) is 3.64. The Morgan fingerprint density at radius 2 is 2.50 bits per heavy atom. The van der Waals surface area contributed by atoms with Crippen LogP contribution in [-0.2, 0) is 0 Å². The quantitative estimate of drug-likeness (QED) is 0.699. The van der Waals surface area contributed by atoms with Crippen molar-refractivity contribution in [1.82, 2.24) is 4.98 Å². The molecule has 0 aromatic carbocycles. The Bertz CT molecular complexity index is 372. The molecule has 0 bridgehead atoms. The summed E-state index contributed by atoms with van der Waals surface area (Å²) in [5.74, 6) is 0. The molecule has 0 radical (unpaired) electrons. The van der Waals surface area contributed by atoms with Crippen LogP contribution in [0.2, 0.25) is 0 Å². The van der Waals surface area contributed by atoms with Gasteiger partial charge in [0.1, 0.15) is 11.8 Å². The molecule has 0 saturated carbocycles. The molecule has 1 saturated heterocycles. The fourth-order valence-electron chi connectivity index (χ4n) is 1.65. The largest absolute Gasteiger partial charge is 0.391 e. The van der Waals surface area contributed by atoms with Gasteiger partial charge in [0.15, 0.2) is 0 Å². The van der Waals surface area contributed by atoms with Crippen molar-refractivity contribution in [1.29, 1.82) is 5.26 Å². The van der Waals surface area contributed by atoms with Crippen LogP contribution in [0.3, 0.4) is 0 Å². The molecule has 14 heavy (non-hydrogen) atoms. The minimum atomic E-state index is -0.242. The smallest absolute Gasteiger partial charge is 0.142 e. The monoisotopic (exact) mass is 189 g/mol. The Kier molecular flexibility index (Phi) is 2.33. The number of hydrogen-bond acceptors (Lipinski definition) is 4. The van der Waals surface area contributed by atoms with Crippen LogP contribution in [0.15, 0.2) is 18.3 Å². The summed E-state index contributed by atoms with van der Waals surface area (Å²) < 4.78 is 0. The van der Waals surface area contributed by atoms with Crippen LogP contribution in [-0.4, -0.2) is 29.3 Å². The maximum atomic E-state index is 9.37. The first-order chi connectivity index (χ1) is 6.79. The van der Waals surface area contributed by atoms with Gasteiger partial charge in [-0.25, -0.2) is 4.98 Å². The number of nitrogens with zero attached hydrogens (tertiary/aromatic N) is 3. The predicted molar refractivity (Wildman–Crippen MR) is 51.8 cm³/mol. The minimum absolute atomic E-state index is 0.242. The van der Waals surface area contributed by atoms with Gasteiger partial charge in [-0.1, -0.05) is 0 Å². The Labute approximate surface area is 82.4 Å². The van der Waals surface area contributed by atoms with Crippen LogP contribution >= 0.6 is 0 Å². The highest BCUT2D eigenvalue weighted by molar-refractivity contribution is 5.49. The Morgan fingerprint density at radius 3 is 3.14 bits per heavy atom. The number of aliphatic hydroxyl groups is 1. The van der Waals surface area contributed by atoms with Gasteiger partial charge in [0, 0.05) is 25.0 Å². The molecule has 0 amide bonds. The van der Waals surface area contributed by atoms with Crippen LogP contribution in [0.5, 0.6) is 0 Å². The summed E-state index contributed by atoms with van der Waals surface area (Å²) in [5, 5.41) is 18.0. The minimum Gasteiger partial charge on any atom is -0.391 e. The molecule has 1 aromatic heterocycles. The molecule has 2 heterocycles. The lowest BCUT2D eigenvalue weighted by Crippen LogP contribution is -2.21. The molecule has 2 rings (SSSR count). The Hall–Kier alpha value is -1.60. The van der Waals surface area contributed by atoms with Gasteiger partial charge in [-0.15, -0.1) is 0 Å². The fraction of sp³-hybridized carbons (Fsp3) is 0.400. The van der Waals surface area contributed by atoms with E-state index < -0.39 is 0 Å². The Balaban J connectivity index is 2.20. The van der Waals surface area contributed by atoms with Gasteiger partial charge in [-0.2, -0.15) is 5.26 Å². The van der Waals surface area contributed by atoms with E-state index in [2.05, 4.69) is 9.88 Å². The maximum absolute atomic E-state index is 9.37. The molecule has 1 unspecified atom stereocenters. The molecule has 4 heteroatoms. The van der Waals surface area contributed by atoms with Crippen molar-refractivity contribution < 1.29 is 5.11 Å². The molecule has 1 atom stereocenters. The van der Waals surface area contributed by atoms with Crippen molar-refractivity contribution in [2.24, 2.45) is 0 Å². The summed E-state index contributed by atoms with van der Waals surface area (Å²) in [7, 11) is 0. The van der Waals surface area contributed by atoms with Crippen LogP contribution in [0, 0.1) is 11.3 Å². The zero-order valence-electron chi connectivity index (χ0n) is 7.72. The zero-order valence-corrected chi connectivity index (χ0v) is 7.72. The van der Waals surface area contributed by atoms with E-state index in [4.69, 9.17) is 5.26 Å². The van der Waals surface area contributed by atoms with Gasteiger partial charge in [-0.05, 0) is 18.6 Å². The standard InChI is InChI=1S/C10H11N3O/c11-6-8-5-9(1-3-12-8)13-4-2-10(14)7-13/h1,3,5,10,14H,2,4,7H2. The van der Waals surface area contributed by atoms with Gasteiger partial charge < -0.3 is 10.0 Å². The summed E-state index contributed by atoms with van der Waals surface area (Å²) in [6.45, 7) is 1.49. The molecule has 72 valence electrons. The highest BCUT2D eigenvalue weighted by Gasteiger charge is 2.20. The van der Waals surface area contributed by atoms with Gasteiger partial charge in [0.25, 0.3) is 0 Å². The van der Waals surface area contributed by atoms with E-state index in [1.54, 1.807) is 12.3 Å². The van der Waals surface area contributed by atoms with Crippen molar-refractivity contribution in [3.8, 4) is 6.07 Å². The normalized spacial score (nSPS) is 20.9. The van der Waals surface area contributed by atoms with E-state index in [-0.39, 0.29) is 6.10 Å². The van der Waals surface area contributed by atoms with Crippen molar-refractivity contribution in [3.05, 3.63) is 24.0 Å². The van der Waals surface area contributed by atoms with E-state index in [0.717, 1.165) is 18.7 Å². The third-order valence-corrected chi connectivity index (χ3v) is 2.39. The second-order valence-electron chi connectivity index (χ2n) is 3.40. The zero-order chi connectivity index (χ0) is 9.97. The van der Waals surface area contributed by atoms with Crippen LogP contribution in [0.25, 0.3) is 0 Å². The van der Waals surface area contributed by atoms with Gasteiger partial charge in [0.05, 0.1) is 6.10 Å². The lowest BCUT2D eigenvalue weighted by molar-refractivity contribution is 0.198.